The van der Waals surface area contributed by atoms with Crippen molar-refractivity contribution < 1.29 is 14.3 Å². The van der Waals surface area contributed by atoms with Gasteiger partial charge < -0.3 is 19.4 Å². The van der Waals surface area contributed by atoms with E-state index in [0.717, 1.165) is 22.6 Å². The van der Waals surface area contributed by atoms with Crippen molar-refractivity contribution in [3.05, 3.63) is 60.4 Å². The molecule has 0 unspecified atom stereocenters. The van der Waals surface area contributed by atoms with E-state index in [1.807, 2.05) is 53.2 Å². The SMILES string of the molecule is COc1cccc(Cn2ccnc2-c2cccc(NC(C)=O)c2)c1OC. The van der Waals surface area contributed by atoms with Gasteiger partial charge in [0.2, 0.25) is 5.91 Å². The number of imidazole rings is 1. The number of ether oxygens (including phenoxy) is 2. The van der Waals surface area contributed by atoms with Gasteiger partial charge in [0.05, 0.1) is 20.8 Å². The van der Waals surface area contributed by atoms with Crippen LogP contribution < -0.4 is 14.8 Å². The number of rotatable bonds is 6. The first-order chi connectivity index (χ1) is 12.6. The van der Waals surface area contributed by atoms with Gasteiger partial charge in [0.1, 0.15) is 5.82 Å². The summed E-state index contributed by atoms with van der Waals surface area (Å²) in [6, 6.07) is 13.4. The van der Waals surface area contributed by atoms with Gasteiger partial charge in [-0.05, 0) is 18.2 Å². The van der Waals surface area contributed by atoms with Gasteiger partial charge >= 0.3 is 0 Å². The number of anilines is 1. The zero-order chi connectivity index (χ0) is 18.5. The fraction of sp³-hybridized carbons (Fsp3) is 0.200. The largest absolute Gasteiger partial charge is 0.493 e. The Kier molecular flexibility index (Phi) is 5.22. The van der Waals surface area contributed by atoms with Crippen LogP contribution in [-0.4, -0.2) is 29.7 Å². The van der Waals surface area contributed by atoms with Crippen LogP contribution in [0.5, 0.6) is 11.5 Å². The summed E-state index contributed by atoms with van der Waals surface area (Å²) in [7, 11) is 3.25. The molecule has 0 aliphatic carbocycles. The van der Waals surface area contributed by atoms with E-state index >= 15 is 0 Å². The summed E-state index contributed by atoms with van der Waals surface area (Å²) in [5.41, 5.74) is 2.65. The molecule has 2 aromatic carbocycles. The third kappa shape index (κ3) is 3.69. The first kappa shape index (κ1) is 17.5. The fourth-order valence-corrected chi connectivity index (χ4v) is 2.90. The zero-order valence-electron chi connectivity index (χ0n) is 15.0. The summed E-state index contributed by atoms with van der Waals surface area (Å²) in [5, 5.41) is 2.80. The number of carbonyl (C=O) groups excluding carboxylic acids is 1. The van der Waals surface area contributed by atoms with Gasteiger partial charge in [0.15, 0.2) is 11.5 Å². The second-order valence-electron chi connectivity index (χ2n) is 5.79. The smallest absolute Gasteiger partial charge is 0.221 e. The van der Waals surface area contributed by atoms with Crippen LogP contribution in [0.25, 0.3) is 11.4 Å². The number of hydrogen-bond donors (Lipinski definition) is 1. The van der Waals surface area contributed by atoms with Crippen molar-refractivity contribution in [2.45, 2.75) is 13.5 Å². The number of para-hydroxylation sites is 1. The van der Waals surface area contributed by atoms with Crippen molar-refractivity contribution >= 4 is 11.6 Å². The van der Waals surface area contributed by atoms with Gasteiger partial charge in [0.25, 0.3) is 0 Å². The Bertz CT molecular complexity index is 918. The maximum absolute atomic E-state index is 11.3. The Morgan fingerprint density at radius 2 is 1.96 bits per heavy atom. The Labute approximate surface area is 152 Å². The molecule has 1 N–H and O–H groups in total. The van der Waals surface area contributed by atoms with Crippen LogP contribution in [0.3, 0.4) is 0 Å². The van der Waals surface area contributed by atoms with Crippen molar-refractivity contribution in [1.29, 1.82) is 0 Å². The topological polar surface area (TPSA) is 65.4 Å². The zero-order valence-corrected chi connectivity index (χ0v) is 15.0. The number of carbonyl (C=O) groups is 1. The normalized spacial score (nSPS) is 10.4. The molecule has 6 nitrogen and oxygen atoms in total. The maximum Gasteiger partial charge on any atom is 0.221 e. The van der Waals surface area contributed by atoms with Crippen molar-refractivity contribution in [1.82, 2.24) is 9.55 Å². The molecule has 1 amide bonds. The molecule has 3 aromatic rings. The van der Waals surface area contributed by atoms with Crippen LogP contribution in [0.15, 0.2) is 54.9 Å². The Morgan fingerprint density at radius 1 is 1.15 bits per heavy atom. The minimum absolute atomic E-state index is 0.105. The van der Waals surface area contributed by atoms with Gasteiger partial charge in [-0.25, -0.2) is 4.98 Å². The van der Waals surface area contributed by atoms with Crippen LogP contribution in [0, 0.1) is 0 Å². The summed E-state index contributed by atoms with van der Waals surface area (Å²) in [6.07, 6.45) is 3.67. The lowest BCUT2D eigenvalue weighted by Crippen LogP contribution is -2.06. The predicted octanol–water partition coefficient (Wildman–Crippen LogP) is 3.57. The van der Waals surface area contributed by atoms with E-state index in [9.17, 15) is 4.79 Å². The minimum Gasteiger partial charge on any atom is -0.493 e. The third-order valence-corrected chi connectivity index (χ3v) is 3.98. The molecule has 0 spiro atoms. The molecule has 1 aromatic heterocycles. The van der Waals surface area contributed by atoms with E-state index < -0.39 is 0 Å². The van der Waals surface area contributed by atoms with E-state index in [0.29, 0.717) is 18.0 Å². The lowest BCUT2D eigenvalue weighted by atomic mass is 10.1. The van der Waals surface area contributed by atoms with Crippen molar-refractivity contribution in [2.75, 3.05) is 19.5 Å². The molecule has 0 aliphatic rings. The van der Waals surface area contributed by atoms with Crippen LogP contribution in [-0.2, 0) is 11.3 Å². The van der Waals surface area contributed by atoms with Gasteiger partial charge in [-0.3, -0.25) is 4.79 Å². The molecule has 0 aliphatic heterocycles. The second-order valence-corrected chi connectivity index (χ2v) is 5.79. The highest BCUT2D eigenvalue weighted by atomic mass is 16.5. The highest BCUT2D eigenvalue weighted by Crippen LogP contribution is 2.32. The molecular weight excluding hydrogens is 330 g/mol. The van der Waals surface area contributed by atoms with E-state index in [4.69, 9.17) is 9.47 Å². The third-order valence-electron chi connectivity index (χ3n) is 3.98. The summed E-state index contributed by atoms with van der Waals surface area (Å²) in [5.74, 6) is 2.11. The highest BCUT2D eigenvalue weighted by Gasteiger charge is 2.13. The van der Waals surface area contributed by atoms with Crippen LogP contribution in [0.2, 0.25) is 0 Å². The van der Waals surface area contributed by atoms with Crippen LogP contribution >= 0.6 is 0 Å². The van der Waals surface area contributed by atoms with Crippen LogP contribution in [0.1, 0.15) is 12.5 Å². The highest BCUT2D eigenvalue weighted by molar-refractivity contribution is 5.89. The molecule has 0 fully saturated rings. The fourth-order valence-electron chi connectivity index (χ4n) is 2.90. The van der Waals surface area contributed by atoms with Gasteiger partial charge in [-0.1, -0.05) is 24.3 Å². The molecule has 26 heavy (non-hydrogen) atoms. The molecule has 0 bridgehead atoms. The molecule has 0 radical (unpaired) electrons. The Balaban J connectivity index is 1.94. The van der Waals surface area contributed by atoms with Crippen molar-refractivity contribution in [3.8, 4) is 22.9 Å². The predicted molar refractivity (Wildman–Crippen MR) is 101 cm³/mol. The minimum atomic E-state index is -0.105. The van der Waals surface area contributed by atoms with E-state index in [2.05, 4.69) is 10.3 Å². The standard InChI is InChI=1S/C20H21N3O3/c1-14(24)22-17-8-4-6-15(12-17)20-21-10-11-23(20)13-16-7-5-9-18(25-2)19(16)26-3/h4-12H,13H2,1-3H3,(H,22,24). The van der Waals surface area contributed by atoms with Crippen molar-refractivity contribution in [3.63, 3.8) is 0 Å². The number of aromatic nitrogens is 2. The average molecular weight is 351 g/mol. The summed E-state index contributed by atoms with van der Waals surface area (Å²) >= 11 is 0. The molecule has 6 heteroatoms. The number of nitrogens with zero attached hydrogens (tertiary/aromatic N) is 2. The number of nitrogens with one attached hydrogen (secondary N) is 1. The van der Waals surface area contributed by atoms with E-state index in [1.54, 1.807) is 20.4 Å². The first-order valence-electron chi connectivity index (χ1n) is 8.21. The van der Waals surface area contributed by atoms with Gasteiger partial charge in [0, 0.05) is 36.1 Å². The van der Waals surface area contributed by atoms with Crippen LogP contribution in [0.4, 0.5) is 5.69 Å². The number of benzene rings is 2. The Morgan fingerprint density at radius 3 is 2.69 bits per heavy atom. The number of methoxy groups -OCH3 is 2. The maximum atomic E-state index is 11.3. The summed E-state index contributed by atoms with van der Waals surface area (Å²) in [6.45, 7) is 2.07. The lowest BCUT2D eigenvalue weighted by Gasteiger charge is -2.14. The molecule has 134 valence electrons. The molecule has 0 atom stereocenters. The lowest BCUT2D eigenvalue weighted by molar-refractivity contribution is -0.114. The first-order valence-corrected chi connectivity index (χ1v) is 8.21. The number of amides is 1. The summed E-state index contributed by atoms with van der Waals surface area (Å²) < 4.78 is 12.9. The van der Waals surface area contributed by atoms with E-state index in [-0.39, 0.29) is 5.91 Å². The average Bonchev–Trinajstić information content (AvgIpc) is 3.09. The van der Waals surface area contributed by atoms with Crippen molar-refractivity contribution in [2.24, 2.45) is 0 Å². The molecule has 3 rings (SSSR count). The second kappa shape index (κ2) is 7.74. The van der Waals surface area contributed by atoms with Gasteiger partial charge in [-0.2, -0.15) is 0 Å². The molecule has 0 saturated carbocycles. The van der Waals surface area contributed by atoms with E-state index in [1.165, 1.54) is 6.92 Å². The monoisotopic (exact) mass is 351 g/mol. The molecule has 1 heterocycles. The summed E-state index contributed by atoms with van der Waals surface area (Å²) in [4.78, 5) is 15.8. The number of hydrogen-bond acceptors (Lipinski definition) is 4. The molecular formula is C20H21N3O3. The van der Waals surface area contributed by atoms with Gasteiger partial charge in [-0.15, -0.1) is 0 Å². The quantitative estimate of drug-likeness (QED) is 0.737. The molecule has 0 saturated heterocycles. The Hall–Kier alpha value is -3.28.